The molecule has 1 aromatic heterocycles. The zero-order valence-corrected chi connectivity index (χ0v) is 15.2. The van der Waals surface area contributed by atoms with Crippen molar-refractivity contribution in [3.05, 3.63) is 107 Å². The standard InChI is InChI=1S/C22H16N4O3/c27-22(17-11-13-19(14-12-17)26(28)29)23-21-15-20(16-7-3-1-4-8-16)24-25(21)18-9-5-2-6-10-18/h1-15H,(H,23,27). The first-order valence-corrected chi connectivity index (χ1v) is 8.88. The Bertz CT molecular complexity index is 1150. The molecule has 0 bridgehead atoms. The van der Waals surface area contributed by atoms with E-state index in [4.69, 9.17) is 0 Å². The Kier molecular flexibility index (Phi) is 4.86. The quantitative estimate of drug-likeness (QED) is 0.399. The second kappa shape index (κ2) is 7.77. The first-order chi connectivity index (χ1) is 14.1. The molecule has 142 valence electrons. The van der Waals surface area contributed by atoms with E-state index < -0.39 is 4.92 Å². The highest BCUT2D eigenvalue weighted by atomic mass is 16.6. The molecule has 0 aliphatic carbocycles. The molecule has 1 N–H and O–H groups in total. The third kappa shape index (κ3) is 3.89. The van der Waals surface area contributed by atoms with Crippen molar-refractivity contribution < 1.29 is 9.72 Å². The number of carbonyl (C=O) groups is 1. The monoisotopic (exact) mass is 384 g/mol. The van der Waals surface area contributed by atoms with Gasteiger partial charge in [-0.15, -0.1) is 0 Å². The van der Waals surface area contributed by atoms with Gasteiger partial charge in [-0.05, 0) is 24.3 Å². The second-order valence-electron chi connectivity index (χ2n) is 6.29. The van der Waals surface area contributed by atoms with Crippen LogP contribution in [-0.2, 0) is 0 Å². The van der Waals surface area contributed by atoms with E-state index in [1.807, 2.05) is 60.7 Å². The van der Waals surface area contributed by atoms with Crippen molar-refractivity contribution in [2.75, 3.05) is 5.32 Å². The Morgan fingerprint density at radius 3 is 2.14 bits per heavy atom. The Morgan fingerprint density at radius 2 is 1.52 bits per heavy atom. The first kappa shape index (κ1) is 18.1. The number of nitro benzene ring substituents is 1. The molecular weight excluding hydrogens is 368 g/mol. The van der Waals surface area contributed by atoms with Gasteiger partial charge in [-0.25, -0.2) is 4.68 Å². The fourth-order valence-corrected chi connectivity index (χ4v) is 2.91. The van der Waals surface area contributed by atoms with Gasteiger partial charge < -0.3 is 5.32 Å². The van der Waals surface area contributed by atoms with Crippen LogP contribution in [0.4, 0.5) is 11.5 Å². The number of nitrogens with one attached hydrogen (secondary N) is 1. The lowest BCUT2D eigenvalue weighted by atomic mass is 10.1. The SMILES string of the molecule is O=C(Nc1cc(-c2ccccc2)nn1-c1ccccc1)c1ccc([N+](=O)[O-])cc1. The smallest absolute Gasteiger partial charge is 0.269 e. The van der Waals surface area contributed by atoms with Crippen molar-refractivity contribution in [3.63, 3.8) is 0 Å². The van der Waals surface area contributed by atoms with Gasteiger partial charge in [-0.3, -0.25) is 14.9 Å². The lowest BCUT2D eigenvalue weighted by molar-refractivity contribution is -0.384. The molecule has 0 atom stereocenters. The molecule has 0 aliphatic heterocycles. The summed E-state index contributed by atoms with van der Waals surface area (Å²) in [7, 11) is 0. The van der Waals surface area contributed by atoms with Crippen LogP contribution in [0.3, 0.4) is 0 Å². The van der Waals surface area contributed by atoms with Crippen LogP contribution in [0.1, 0.15) is 10.4 Å². The zero-order chi connectivity index (χ0) is 20.2. The molecule has 0 saturated carbocycles. The number of benzene rings is 3. The van der Waals surface area contributed by atoms with Gasteiger partial charge in [0.2, 0.25) is 0 Å². The van der Waals surface area contributed by atoms with Crippen LogP contribution in [0.25, 0.3) is 16.9 Å². The summed E-state index contributed by atoms with van der Waals surface area (Å²) in [5.74, 6) is 0.120. The van der Waals surface area contributed by atoms with Gasteiger partial charge in [0, 0.05) is 29.3 Å². The summed E-state index contributed by atoms with van der Waals surface area (Å²) in [4.78, 5) is 23.0. The third-order valence-electron chi connectivity index (χ3n) is 4.36. The Morgan fingerprint density at radius 1 is 0.897 bits per heavy atom. The molecule has 29 heavy (non-hydrogen) atoms. The van der Waals surface area contributed by atoms with E-state index in [0.717, 1.165) is 11.3 Å². The fraction of sp³-hybridized carbons (Fsp3) is 0. The third-order valence-corrected chi connectivity index (χ3v) is 4.36. The minimum Gasteiger partial charge on any atom is -0.306 e. The van der Waals surface area contributed by atoms with Crippen LogP contribution in [0.5, 0.6) is 0 Å². The summed E-state index contributed by atoms with van der Waals surface area (Å²) in [5.41, 5.74) is 2.69. The van der Waals surface area contributed by atoms with E-state index >= 15 is 0 Å². The summed E-state index contributed by atoms with van der Waals surface area (Å²) in [6.07, 6.45) is 0. The fourth-order valence-electron chi connectivity index (χ4n) is 2.91. The Balaban J connectivity index is 1.69. The van der Waals surface area contributed by atoms with Crippen molar-refractivity contribution in [2.45, 2.75) is 0 Å². The van der Waals surface area contributed by atoms with E-state index in [9.17, 15) is 14.9 Å². The summed E-state index contributed by atoms with van der Waals surface area (Å²) >= 11 is 0. The lowest BCUT2D eigenvalue weighted by Crippen LogP contribution is -2.15. The number of carbonyl (C=O) groups excluding carboxylic acids is 1. The number of para-hydroxylation sites is 1. The minimum atomic E-state index is -0.502. The molecule has 1 amide bonds. The number of amides is 1. The molecule has 0 radical (unpaired) electrons. The number of nitrogens with zero attached hydrogens (tertiary/aromatic N) is 3. The molecule has 4 rings (SSSR count). The highest BCUT2D eigenvalue weighted by Gasteiger charge is 2.15. The molecule has 0 spiro atoms. The Labute approximate surface area is 166 Å². The van der Waals surface area contributed by atoms with Crippen LogP contribution >= 0.6 is 0 Å². The molecule has 7 nitrogen and oxygen atoms in total. The van der Waals surface area contributed by atoms with Gasteiger partial charge in [0.1, 0.15) is 5.82 Å². The van der Waals surface area contributed by atoms with Crippen LogP contribution in [0, 0.1) is 10.1 Å². The van der Waals surface area contributed by atoms with Crippen molar-refractivity contribution in [1.82, 2.24) is 9.78 Å². The van der Waals surface area contributed by atoms with Crippen molar-refractivity contribution in [2.24, 2.45) is 0 Å². The maximum atomic E-state index is 12.7. The first-order valence-electron chi connectivity index (χ1n) is 8.88. The molecule has 0 aliphatic rings. The molecule has 1 heterocycles. The number of non-ortho nitro benzene ring substituents is 1. The van der Waals surface area contributed by atoms with Crippen LogP contribution in [0.15, 0.2) is 91.0 Å². The molecule has 7 heteroatoms. The summed E-state index contributed by atoms with van der Waals surface area (Å²) in [6.45, 7) is 0. The number of anilines is 1. The molecule has 4 aromatic rings. The lowest BCUT2D eigenvalue weighted by Gasteiger charge is -2.08. The highest BCUT2D eigenvalue weighted by molar-refractivity contribution is 6.04. The molecule has 3 aromatic carbocycles. The maximum Gasteiger partial charge on any atom is 0.269 e. The van der Waals surface area contributed by atoms with Gasteiger partial charge in [-0.2, -0.15) is 5.10 Å². The number of aromatic nitrogens is 2. The number of hydrogen-bond donors (Lipinski definition) is 1. The van der Waals surface area contributed by atoms with Crippen LogP contribution < -0.4 is 5.32 Å². The van der Waals surface area contributed by atoms with E-state index in [0.29, 0.717) is 17.1 Å². The number of nitro groups is 1. The van der Waals surface area contributed by atoms with E-state index in [-0.39, 0.29) is 11.6 Å². The van der Waals surface area contributed by atoms with E-state index in [1.165, 1.54) is 24.3 Å². The van der Waals surface area contributed by atoms with E-state index in [1.54, 1.807) is 10.7 Å². The molecule has 0 unspecified atom stereocenters. The summed E-state index contributed by atoms with van der Waals surface area (Å²) < 4.78 is 1.66. The van der Waals surface area contributed by atoms with Crippen molar-refractivity contribution in [3.8, 4) is 16.9 Å². The molecule has 0 saturated heterocycles. The molecular formula is C22H16N4O3. The average molecular weight is 384 g/mol. The summed E-state index contributed by atoms with van der Waals surface area (Å²) in [6, 6.07) is 26.4. The highest BCUT2D eigenvalue weighted by Crippen LogP contribution is 2.25. The Hall–Kier alpha value is -4.26. The molecule has 0 fully saturated rings. The minimum absolute atomic E-state index is 0.0674. The predicted octanol–water partition coefficient (Wildman–Crippen LogP) is 4.70. The second-order valence-corrected chi connectivity index (χ2v) is 6.29. The summed E-state index contributed by atoms with van der Waals surface area (Å²) in [5, 5.41) is 18.3. The normalized spacial score (nSPS) is 10.5. The van der Waals surface area contributed by atoms with Gasteiger partial charge in [0.25, 0.3) is 11.6 Å². The van der Waals surface area contributed by atoms with Gasteiger partial charge in [0.05, 0.1) is 16.3 Å². The van der Waals surface area contributed by atoms with Gasteiger partial charge in [-0.1, -0.05) is 48.5 Å². The largest absolute Gasteiger partial charge is 0.306 e. The van der Waals surface area contributed by atoms with Gasteiger partial charge in [0.15, 0.2) is 0 Å². The number of rotatable bonds is 5. The van der Waals surface area contributed by atoms with E-state index in [2.05, 4.69) is 10.4 Å². The average Bonchev–Trinajstić information content (AvgIpc) is 3.19. The van der Waals surface area contributed by atoms with Gasteiger partial charge >= 0.3 is 0 Å². The topological polar surface area (TPSA) is 90.1 Å². The van der Waals surface area contributed by atoms with Crippen LogP contribution in [0.2, 0.25) is 0 Å². The van der Waals surface area contributed by atoms with Crippen LogP contribution in [-0.4, -0.2) is 20.6 Å². The zero-order valence-electron chi connectivity index (χ0n) is 15.2. The number of hydrogen-bond acceptors (Lipinski definition) is 4. The predicted molar refractivity (Wildman–Crippen MR) is 110 cm³/mol. The van der Waals surface area contributed by atoms with Crippen molar-refractivity contribution in [1.29, 1.82) is 0 Å². The van der Waals surface area contributed by atoms with Crippen molar-refractivity contribution >= 4 is 17.4 Å². The maximum absolute atomic E-state index is 12.7.